The van der Waals surface area contributed by atoms with Crippen molar-refractivity contribution in [2.45, 2.75) is 6.92 Å². The highest BCUT2D eigenvalue weighted by molar-refractivity contribution is 6.31. The summed E-state index contributed by atoms with van der Waals surface area (Å²) < 4.78 is 0. The van der Waals surface area contributed by atoms with Gasteiger partial charge in [0.2, 0.25) is 0 Å². The number of nitrogens with two attached hydrogens (primary N) is 1. The molecule has 0 saturated carbocycles. The summed E-state index contributed by atoms with van der Waals surface area (Å²) in [5.74, 6) is 0. The molecule has 0 atom stereocenters. The van der Waals surface area contributed by atoms with Gasteiger partial charge in [-0.3, -0.25) is 4.98 Å². The molecule has 0 fully saturated rings. The standard InChI is InChI=1S/C8H9ClN2/c1-5(10)8-4-3-7(9)6(2)11-8/h3-4H,1,10H2,2H3. The van der Waals surface area contributed by atoms with Gasteiger partial charge >= 0.3 is 0 Å². The molecule has 11 heavy (non-hydrogen) atoms. The molecule has 0 radical (unpaired) electrons. The first-order chi connectivity index (χ1) is 5.11. The highest BCUT2D eigenvalue weighted by Gasteiger charge is 1.98. The number of nitrogens with zero attached hydrogens (tertiary/aromatic N) is 1. The summed E-state index contributed by atoms with van der Waals surface area (Å²) in [6, 6.07) is 3.51. The van der Waals surface area contributed by atoms with Gasteiger partial charge in [-0.2, -0.15) is 0 Å². The molecule has 0 aliphatic carbocycles. The predicted octanol–water partition coefficient (Wildman–Crippen LogP) is 1.97. The van der Waals surface area contributed by atoms with Crippen LogP contribution >= 0.6 is 11.6 Å². The third-order valence-electron chi connectivity index (χ3n) is 1.35. The zero-order chi connectivity index (χ0) is 8.43. The molecule has 1 heterocycles. The Morgan fingerprint density at radius 3 is 2.73 bits per heavy atom. The third-order valence-corrected chi connectivity index (χ3v) is 1.75. The molecule has 2 N–H and O–H groups in total. The van der Waals surface area contributed by atoms with Crippen LogP contribution in [0.2, 0.25) is 5.02 Å². The Labute approximate surface area is 70.7 Å². The van der Waals surface area contributed by atoms with E-state index in [0.29, 0.717) is 16.4 Å². The van der Waals surface area contributed by atoms with Crippen LogP contribution < -0.4 is 5.73 Å². The second-order valence-electron chi connectivity index (χ2n) is 2.29. The largest absolute Gasteiger partial charge is 0.397 e. The number of hydrogen-bond acceptors (Lipinski definition) is 2. The molecule has 0 amide bonds. The van der Waals surface area contributed by atoms with Crippen molar-refractivity contribution in [3.05, 3.63) is 35.1 Å². The maximum atomic E-state index is 5.75. The van der Waals surface area contributed by atoms with Gasteiger partial charge in [-0.1, -0.05) is 18.2 Å². The van der Waals surface area contributed by atoms with E-state index in [9.17, 15) is 0 Å². The minimum Gasteiger partial charge on any atom is -0.397 e. The number of aromatic nitrogens is 1. The molecular weight excluding hydrogens is 160 g/mol. The summed E-state index contributed by atoms with van der Waals surface area (Å²) >= 11 is 5.75. The summed E-state index contributed by atoms with van der Waals surface area (Å²) in [5.41, 5.74) is 7.36. The van der Waals surface area contributed by atoms with Crippen molar-refractivity contribution >= 4 is 17.3 Å². The molecule has 0 spiro atoms. The molecule has 0 aromatic carbocycles. The molecule has 1 rings (SSSR count). The lowest BCUT2D eigenvalue weighted by molar-refractivity contribution is 1.16. The van der Waals surface area contributed by atoms with Gasteiger partial charge in [-0.25, -0.2) is 0 Å². The SMILES string of the molecule is C=C(N)c1ccc(Cl)c(C)n1. The minimum atomic E-state index is 0.463. The van der Waals surface area contributed by atoms with Gasteiger partial charge in [0.15, 0.2) is 0 Å². The lowest BCUT2D eigenvalue weighted by atomic mass is 10.3. The van der Waals surface area contributed by atoms with E-state index in [1.165, 1.54) is 0 Å². The maximum absolute atomic E-state index is 5.75. The Balaban J connectivity index is 3.15. The van der Waals surface area contributed by atoms with E-state index in [-0.39, 0.29) is 0 Å². The summed E-state index contributed by atoms with van der Waals surface area (Å²) in [5, 5.41) is 0.648. The van der Waals surface area contributed by atoms with Crippen LogP contribution in [0.4, 0.5) is 0 Å². The van der Waals surface area contributed by atoms with E-state index < -0.39 is 0 Å². The lowest BCUT2D eigenvalue weighted by Crippen LogP contribution is -1.98. The second kappa shape index (κ2) is 2.93. The van der Waals surface area contributed by atoms with Gasteiger partial charge < -0.3 is 5.73 Å². The monoisotopic (exact) mass is 168 g/mol. The van der Waals surface area contributed by atoms with Crippen LogP contribution in [-0.2, 0) is 0 Å². The van der Waals surface area contributed by atoms with Gasteiger partial charge in [-0.15, -0.1) is 0 Å². The van der Waals surface area contributed by atoms with Gasteiger partial charge in [-0.05, 0) is 19.1 Å². The molecule has 0 saturated heterocycles. The fourth-order valence-electron chi connectivity index (χ4n) is 0.723. The smallest absolute Gasteiger partial charge is 0.0857 e. The van der Waals surface area contributed by atoms with Crippen molar-refractivity contribution in [1.29, 1.82) is 0 Å². The van der Waals surface area contributed by atoms with Crippen LogP contribution in [0.5, 0.6) is 0 Å². The molecule has 2 nitrogen and oxygen atoms in total. The number of aryl methyl sites for hydroxylation is 1. The quantitative estimate of drug-likeness (QED) is 0.697. The Kier molecular flexibility index (Phi) is 2.15. The van der Waals surface area contributed by atoms with Gasteiger partial charge in [0, 0.05) is 0 Å². The highest BCUT2D eigenvalue weighted by atomic mass is 35.5. The number of halogens is 1. The van der Waals surface area contributed by atoms with E-state index in [0.717, 1.165) is 5.69 Å². The lowest BCUT2D eigenvalue weighted by Gasteiger charge is -2.00. The summed E-state index contributed by atoms with van der Waals surface area (Å²) in [6.45, 7) is 5.40. The fraction of sp³-hybridized carbons (Fsp3) is 0.125. The Bertz CT molecular complexity index is 294. The first kappa shape index (κ1) is 8.08. The molecule has 0 bridgehead atoms. The first-order valence-corrected chi connectivity index (χ1v) is 3.57. The van der Waals surface area contributed by atoms with Crippen molar-refractivity contribution in [3.8, 4) is 0 Å². The molecule has 1 aromatic rings. The van der Waals surface area contributed by atoms with Crippen LogP contribution in [0.25, 0.3) is 5.70 Å². The zero-order valence-electron chi connectivity index (χ0n) is 6.26. The van der Waals surface area contributed by atoms with E-state index in [1.54, 1.807) is 12.1 Å². The molecular formula is C8H9ClN2. The normalized spacial score (nSPS) is 9.64. The Morgan fingerprint density at radius 2 is 2.27 bits per heavy atom. The van der Waals surface area contributed by atoms with E-state index >= 15 is 0 Å². The van der Waals surface area contributed by atoms with Crippen molar-refractivity contribution in [3.63, 3.8) is 0 Å². The fourth-order valence-corrected chi connectivity index (χ4v) is 0.828. The van der Waals surface area contributed by atoms with Crippen LogP contribution in [0.3, 0.4) is 0 Å². The topological polar surface area (TPSA) is 38.9 Å². The van der Waals surface area contributed by atoms with Crippen LogP contribution in [0, 0.1) is 6.92 Å². The molecule has 0 aliphatic heterocycles. The predicted molar refractivity (Wildman–Crippen MR) is 47.2 cm³/mol. The summed E-state index contributed by atoms with van der Waals surface area (Å²) in [4.78, 5) is 4.12. The average molecular weight is 169 g/mol. The maximum Gasteiger partial charge on any atom is 0.0857 e. The number of hydrogen-bond donors (Lipinski definition) is 1. The van der Waals surface area contributed by atoms with E-state index in [4.69, 9.17) is 17.3 Å². The van der Waals surface area contributed by atoms with Gasteiger partial charge in [0.05, 0.1) is 22.1 Å². The van der Waals surface area contributed by atoms with Crippen LogP contribution in [0.15, 0.2) is 18.7 Å². The molecule has 0 unspecified atom stereocenters. The number of rotatable bonds is 1. The van der Waals surface area contributed by atoms with Crippen LogP contribution in [0.1, 0.15) is 11.4 Å². The molecule has 3 heteroatoms. The Morgan fingerprint density at radius 1 is 1.64 bits per heavy atom. The second-order valence-corrected chi connectivity index (χ2v) is 2.70. The molecule has 0 aliphatic rings. The summed E-state index contributed by atoms with van der Waals surface area (Å²) in [6.07, 6.45) is 0. The van der Waals surface area contributed by atoms with Gasteiger partial charge in [0.25, 0.3) is 0 Å². The van der Waals surface area contributed by atoms with Gasteiger partial charge in [0.1, 0.15) is 0 Å². The van der Waals surface area contributed by atoms with Crippen LogP contribution in [-0.4, -0.2) is 4.98 Å². The molecule has 1 aromatic heterocycles. The summed E-state index contributed by atoms with van der Waals surface area (Å²) in [7, 11) is 0. The Hall–Kier alpha value is -1.02. The minimum absolute atomic E-state index is 0.463. The van der Waals surface area contributed by atoms with E-state index in [2.05, 4.69) is 11.6 Å². The van der Waals surface area contributed by atoms with Crippen molar-refractivity contribution < 1.29 is 0 Å². The highest BCUT2D eigenvalue weighted by Crippen LogP contribution is 2.14. The van der Waals surface area contributed by atoms with Crippen molar-refractivity contribution in [2.75, 3.05) is 0 Å². The zero-order valence-corrected chi connectivity index (χ0v) is 7.02. The van der Waals surface area contributed by atoms with E-state index in [1.807, 2.05) is 6.92 Å². The average Bonchev–Trinajstić information content (AvgIpc) is 1.94. The van der Waals surface area contributed by atoms with Crippen molar-refractivity contribution in [1.82, 2.24) is 4.98 Å². The third kappa shape index (κ3) is 1.71. The first-order valence-electron chi connectivity index (χ1n) is 3.19. The molecule has 58 valence electrons. The van der Waals surface area contributed by atoms with Crippen molar-refractivity contribution in [2.24, 2.45) is 5.73 Å². The number of pyridine rings is 1.